The molecule has 0 heterocycles. The third kappa shape index (κ3) is 6.03. The maximum atomic E-state index is 6.22. The average molecular weight is 248 g/mol. The first-order valence-electron chi connectivity index (χ1n) is 5.24. The standard InChI is InChI=1S/C12H18ClN.ClH/c1-2-3-9-14-10-12(13)11-7-5-4-6-8-11;/h4-8,12,14H,2-3,9-10H2,1H3;1H. The van der Waals surface area contributed by atoms with Crippen molar-refractivity contribution in [1.29, 1.82) is 0 Å². The molecule has 15 heavy (non-hydrogen) atoms. The van der Waals surface area contributed by atoms with Crippen LogP contribution in [0.1, 0.15) is 30.7 Å². The first-order chi connectivity index (χ1) is 6.84. The Morgan fingerprint density at radius 1 is 1.27 bits per heavy atom. The molecule has 0 saturated heterocycles. The van der Waals surface area contributed by atoms with Crippen LogP contribution >= 0.6 is 24.0 Å². The van der Waals surface area contributed by atoms with E-state index in [0.29, 0.717) is 0 Å². The highest BCUT2D eigenvalue weighted by molar-refractivity contribution is 6.21. The minimum absolute atomic E-state index is 0. The summed E-state index contributed by atoms with van der Waals surface area (Å²) < 4.78 is 0. The molecule has 1 aromatic rings. The molecule has 0 saturated carbocycles. The summed E-state index contributed by atoms with van der Waals surface area (Å²) in [7, 11) is 0. The van der Waals surface area contributed by atoms with E-state index in [0.717, 1.165) is 13.1 Å². The summed E-state index contributed by atoms with van der Waals surface area (Å²) in [4.78, 5) is 0. The van der Waals surface area contributed by atoms with Gasteiger partial charge in [-0.3, -0.25) is 0 Å². The Morgan fingerprint density at radius 2 is 1.93 bits per heavy atom. The minimum atomic E-state index is 0. The number of unbranched alkanes of at least 4 members (excludes halogenated alkanes) is 1. The van der Waals surface area contributed by atoms with Crippen molar-refractivity contribution in [3.8, 4) is 0 Å². The van der Waals surface area contributed by atoms with Gasteiger partial charge in [0.25, 0.3) is 0 Å². The van der Waals surface area contributed by atoms with Crippen LogP contribution in [0.5, 0.6) is 0 Å². The van der Waals surface area contributed by atoms with E-state index in [9.17, 15) is 0 Å². The predicted octanol–water partition coefficient (Wildman–Crippen LogP) is 3.78. The highest BCUT2D eigenvalue weighted by Gasteiger charge is 2.05. The Labute approximate surface area is 104 Å². The summed E-state index contributed by atoms with van der Waals surface area (Å²) in [6.07, 6.45) is 2.45. The van der Waals surface area contributed by atoms with Gasteiger partial charge in [-0.15, -0.1) is 24.0 Å². The first kappa shape index (κ1) is 14.8. The van der Waals surface area contributed by atoms with Gasteiger partial charge in [-0.25, -0.2) is 0 Å². The summed E-state index contributed by atoms with van der Waals surface area (Å²) in [6, 6.07) is 10.2. The molecule has 3 heteroatoms. The molecule has 0 aliphatic carbocycles. The number of rotatable bonds is 6. The van der Waals surface area contributed by atoms with Crippen molar-refractivity contribution in [2.75, 3.05) is 13.1 Å². The normalized spacial score (nSPS) is 11.9. The van der Waals surface area contributed by atoms with Gasteiger partial charge in [0.2, 0.25) is 0 Å². The van der Waals surface area contributed by atoms with Gasteiger partial charge in [0.15, 0.2) is 0 Å². The SMILES string of the molecule is CCCCNCC(Cl)c1ccccc1.Cl. The average Bonchev–Trinajstić information content (AvgIpc) is 2.25. The van der Waals surface area contributed by atoms with Gasteiger partial charge in [0, 0.05) is 6.54 Å². The third-order valence-electron chi connectivity index (χ3n) is 2.19. The molecule has 0 fully saturated rings. The second-order valence-corrected chi connectivity index (χ2v) is 3.96. The summed E-state index contributed by atoms with van der Waals surface area (Å²) >= 11 is 6.22. The lowest BCUT2D eigenvalue weighted by molar-refractivity contribution is 0.632. The maximum absolute atomic E-state index is 6.22. The van der Waals surface area contributed by atoms with Crippen molar-refractivity contribution >= 4 is 24.0 Å². The van der Waals surface area contributed by atoms with Crippen molar-refractivity contribution in [3.05, 3.63) is 35.9 Å². The van der Waals surface area contributed by atoms with Gasteiger partial charge in [-0.2, -0.15) is 0 Å². The van der Waals surface area contributed by atoms with Crippen LogP contribution in [0.3, 0.4) is 0 Å². The Balaban J connectivity index is 0.00000196. The predicted molar refractivity (Wildman–Crippen MR) is 70.1 cm³/mol. The van der Waals surface area contributed by atoms with Crippen molar-refractivity contribution in [2.45, 2.75) is 25.1 Å². The van der Waals surface area contributed by atoms with E-state index in [-0.39, 0.29) is 17.8 Å². The monoisotopic (exact) mass is 247 g/mol. The Bertz CT molecular complexity index is 239. The molecule has 0 aliphatic rings. The smallest absolute Gasteiger partial charge is 0.0709 e. The lowest BCUT2D eigenvalue weighted by Crippen LogP contribution is -2.20. The second kappa shape index (κ2) is 9.02. The van der Waals surface area contributed by atoms with Crippen LogP contribution in [0.25, 0.3) is 0 Å². The number of hydrogen-bond acceptors (Lipinski definition) is 1. The van der Waals surface area contributed by atoms with Gasteiger partial charge < -0.3 is 5.32 Å². The van der Waals surface area contributed by atoms with Crippen molar-refractivity contribution < 1.29 is 0 Å². The van der Waals surface area contributed by atoms with Gasteiger partial charge in [0.05, 0.1) is 5.38 Å². The summed E-state index contributed by atoms with van der Waals surface area (Å²) in [5, 5.41) is 3.44. The Morgan fingerprint density at radius 3 is 2.53 bits per heavy atom. The van der Waals surface area contributed by atoms with E-state index >= 15 is 0 Å². The quantitative estimate of drug-likeness (QED) is 0.596. The molecule has 0 amide bonds. The zero-order chi connectivity index (χ0) is 10.2. The molecule has 1 N–H and O–H groups in total. The zero-order valence-electron chi connectivity index (χ0n) is 9.08. The van der Waals surface area contributed by atoms with Gasteiger partial charge >= 0.3 is 0 Å². The van der Waals surface area contributed by atoms with Gasteiger partial charge in [0.1, 0.15) is 0 Å². The topological polar surface area (TPSA) is 12.0 Å². The van der Waals surface area contributed by atoms with Crippen LogP contribution in [0.15, 0.2) is 30.3 Å². The number of nitrogens with one attached hydrogen (secondary N) is 1. The van der Waals surface area contributed by atoms with Gasteiger partial charge in [-0.1, -0.05) is 43.7 Å². The summed E-state index contributed by atoms with van der Waals surface area (Å²) in [5.74, 6) is 0. The lowest BCUT2D eigenvalue weighted by Gasteiger charge is -2.10. The number of hydrogen-bond donors (Lipinski definition) is 1. The highest BCUT2D eigenvalue weighted by Crippen LogP contribution is 2.18. The lowest BCUT2D eigenvalue weighted by atomic mass is 10.1. The maximum Gasteiger partial charge on any atom is 0.0709 e. The number of benzene rings is 1. The Kier molecular flexibility index (Phi) is 8.88. The van der Waals surface area contributed by atoms with Crippen molar-refractivity contribution in [3.63, 3.8) is 0 Å². The van der Waals surface area contributed by atoms with Crippen LogP contribution < -0.4 is 5.32 Å². The summed E-state index contributed by atoms with van der Waals surface area (Å²) in [5.41, 5.74) is 1.19. The van der Waals surface area contributed by atoms with Crippen LogP contribution in [-0.4, -0.2) is 13.1 Å². The van der Waals surface area contributed by atoms with E-state index in [1.54, 1.807) is 0 Å². The molecular formula is C12H19Cl2N. The number of alkyl halides is 1. The molecule has 0 radical (unpaired) electrons. The fourth-order valence-electron chi connectivity index (χ4n) is 1.31. The third-order valence-corrected chi connectivity index (χ3v) is 2.60. The zero-order valence-corrected chi connectivity index (χ0v) is 10.7. The van der Waals surface area contributed by atoms with E-state index in [4.69, 9.17) is 11.6 Å². The molecule has 1 aromatic carbocycles. The van der Waals surface area contributed by atoms with Crippen molar-refractivity contribution in [2.24, 2.45) is 0 Å². The molecule has 1 rings (SSSR count). The molecule has 1 nitrogen and oxygen atoms in total. The second-order valence-electron chi connectivity index (χ2n) is 3.44. The van der Waals surface area contributed by atoms with Crippen LogP contribution in [0.2, 0.25) is 0 Å². The summed E-state index contributed by atoms with van der Waals surface area (Å²) in [6.45, 7) is 4.11. The minimum Gasteiger partial charge on any atom is -0.315 e. The fourth-order valence-corrected chi connectivity index (χ4v) is 1.56. The van der Waals surface area contributed by atoms with Crippen LogP contribution in [-0.2, 0) is 0 Å². The molecule has 0 aliphatic heterocycles. The van der Waals surface area contributed by atoms with Crippen molar-refractivity contribution in [1.82, 2.24) is 5.32 Å². The van der Waals surface area contributed by atoms with Gasteiger partial charge in [-0.05, 0) is 18.5 Å². The molecular weight excluding hydrogens is 229 g/mol. The highest BCUT2D eigenvalue weighted by atomic mass is 35.5. The molecule has 86 valence electrons. The van der Waals surface area contributed by atoms with Crippen LogP contribution in [0, 0.1) is 0 Å². The van der Waals surface area contributed by atoms with E-state index in [1.165, 1.54) is 18.4 Å². The molecule has 0 spiro atoms. The largest absolute Gasteiger partial charge is 0.315 e. The van der Waals surface area contributed by atoms with E-state index in [2.05, 4.69) is 24.4 Å². The number of halogens is 2. The molecule has 0 bridgehead atoms. The molecule has 0 aromatic heterocycles. The first-order valence-corrected chi connectivity index (χ1v) is 5.68. The van der Waals surface area contributed by atoms with E-state index < -0.39 is 0 Å². The Hall–Kier alpha value is -0.240. The molecule has 1 atom stereocenters. The van der Waals surface area contributed by atoms with Crippen LogP contribution in [0.4, 0.5) is 0 Å². The van der Waals surface area contributed by atoms with E-state index in [1.807, 2.05) is 18.2 Å². The fraction of sp³-hybridized carbons (Fsp3) is 0.500. The molecule has 1 unspecified atom stereocenters.